The van der Waals surface area contributed by atoms with Crippen molar-refractivity contribution in [3.8, 4) is 22.9 Å². The van der Waals surface area contributed by atoms with Gasteiger partial charge in [0.25, 0.3) is 11.7 Å². The van der Waals surface area contributed by atoms with Gasteiger partial charge in [0.05, 0.1) is 25.8 Å². The van der Waals surface area contributed by atoms with Crippen LogP contribution in [-0.4, -0.2) is 52.7 Å². The van der Waals surface area contributed by atoms with Crippen LogP contribution in [0.2, 0.25) is 0 Å². The number of fused-ring (bicyclic) bond motifs is 1. The standard InChI is InChI=1S/C33H32N7O4/c1-21-15-25(19-41)22(2)33(44-21)40-31(27(17-34)29-30(35-3)37-20-38-32(29)40)36-18-23-11-12-26(24-9-5-4-6-10-24)28(16-23)43-14-8-7-13-39-42/h4-6,9-12,16,19-21,25,36H,2-3,7-8,13-15,18H2,1H3/q+1/b40-33+/t21?,25-/m1/s1. The van der Waals surface area contributed by atoms with E-state index in [2.05, 4.69) is 44.8 Å². The minimum atomic E-state index is -0.448. The van der Waals surface area contributed by atoms with Gasteiger partial charge in [0.2, 0.25) is 5.82 Å². The number of nitrogens with one attached hydrogen (secondary N) is 1. The van der Waals surface area contributed by atoms with Crippen LogP contribution >= 0.6 is 0 Å². The first-order chi connectivity index (χ1) is 21.5. The van der Waals surface area contributed by atoms with Gasteiger partial charge < -0.3 is 14.3 Å². The molecule has 0 saturated carbocycles. The third-order valence-corrected chi connectivity index (χ3v) is 7.47. The normalized spacial score (nSPS) is 19.0. The Bertz CT molecular complexity index is 1710. The van der Waals surface area contributed by atoms with Gasteiger partial charge in [0.1, 0.15) is 29.2 Å². The first-order valence-corrected chi connectivity index (χ1v) is 14.3. The van der Waals surface area contributed by atoms with Crippen molar-refractivity contribution in [2.24, 2.45) is 16.1 Å². The Balaban J connectivity index is 1.53. The van der Waals surface area contributed by atoms with Crippen LogP contribution < -0.4 is 10.1 Å². The quantitative estimate of drug-likeness (QED) is 0.0942. The molecule has 0 bridgehead atoms. The molecule has 2 aliphatic heterocycles. The van der Waals surface area contributed by atoms with Crippen molar-refractivity contribution in [2.75, 3.05) is 13.2 Å². The van der Waals surface area contributed by atoms with Gasteiger partial charge in [-0.05, 0) is 50.1 Å². The molecular formula is C33H32N7O4+. The summed E-state index contributed by atoms with van der Waals surface area (Å²) in [7, 11) is 0. The molecule has 0 radical (unpaired) electrons. The van der Waals surface area contributed by atoms with Gasteiger partial charge in [-0.1, -0.05) is 59.2 Å². The van der Waals surface area contributed by atoms with Crippen molar-refractivity contribution >= 4 is 36.1 Å². The molecule has 0 amide bonds. The minimum Gasteiger partial charge on any atom is -0.493 e. The SMILES string of the molecule is C=Nc1ncnc2c1C(C#N)=C(NCc1ccc(-c3ccccc3)c(OCCCCN=O)c1)/[N+]2=C1\OC(C)C[C@H](C=O)C1=C. The number of aldehydes is 1. The highest BCUT2D eigenvalue weighted by Gasteiger charge is 2.42. The molecule has 2 atom stereocenters. The zero-order valence-electron chi connectivity index (χ0n) is 24.4. The molecule has 2 aliphatic rings. The number of hydrogen-bond donors (Lipinski definition) is 1. The van der Waals surface area contributed by atoms with Gasteiger partial charge >= 0.3 is 0 Å². The molecule has 3 heterocycles. The van der Waals surface area contributed by atoms with Crippen molar-refractivity contribution in [3.05, 3.63) is 88.9 Å². The number of hydrogen-bond acceptors (Lipinski definition) is 10. The Morgan fingerprint density at radius 1 is 1.23 bits per heavy atom. The van der Waals surface area contributed by atoms with Crippen LogP contribution in [0.15, 0.2) is 83.0 Å². The average molecular weight is 591 g/mol. The van der Waals surface area contributed by atoms with Crippen molar-refractivity contribution in [2.45, 2.75) is 38.8 Å². The molecule has 1 saturated heterocycles. The fraction of sp³-hybridized carbons (Fsp3) is 0.273. The topological polar surface area (TPSA) is 142 Å². The summed E-state index contributed by atoms with van der Waals surface area (Å²) in [5.74, 6) is 1.61. The lowest BCUT2D eigenvalue weighted by Crippen LogP contribution is -2.37. The fourth-order valence-electron chi connectivity index (χ4n) is 5.30. The molecule has 222 valence electrons. The highest BCUT2D eigenvalue weighted by molar-refractivity contribution is 5.98. The first kappa shape index (κ1) is 30.0. The second-order valence-electron chi connectivity index (χ2n) is 10.4. The number of nitriles is 1. The number of aliphatic imine (C=N–C) groups is 1. The van der Waals surface area contributed by atoms with Crippen molar-refractivity contribution in [1.29, 1.82) is 5.26 Å². The number of nitrogens with zero attached hydrogens (tertiary/aromatic N) is 6. The molecular weight excluding hydrogens is 558 g/mol. The van der Waals surface area contributed by atoms with E-state index in [4.69, 9.17) is 9.47 Å². The zero-order chi connectivity index (χ0) is 31.1. The second kappa shape index (κ2) is 13.6. The number of aromatic nitrogens is 2. The van der Waals surface area contributed by atoms with Crippen LogP contribution in [0.25, 0.3) is 16.7 Å². The molecule has 11 nitrogen and oxygen atoms in total. The maximum Gasteiger partial charge on any atom is 0.284 e. The summed E-state index contributed by atoms with van der Waals surface area (Å²) in [6, 6.07) is 18.1. The zero-order valence-corrected chi connectivity index (χ0v) is 24.4. The summed E-state index contributed by atoms with van der Waals surface area (Å²) in [6.45, 7) is 10.7. The number of unbranched alkanes of at least 4 members (excludes halogenated alkanes) is 1. The minimum absolute atomic E-state index is 0.253. The Labute approximate surface area is 255 Å². The first-order valence-electron chi connectivity index (χ1n) is 14.3. The van der Waals surface area contributed by atoms with Crippen LogP contribution in [0.5, 0.6) is 5.75 Å². The summed E-state index contributed by atoms with van der Waals surface area (Å²) in [4.78, 5) is 35.1. The Hall–Kier alpha value is -5.50. The molecule has 1 unspecified atom stereocenters. The maximum atomic E-state index is 11.9. The Morgan fingerprint density at radius 2 is 2.05 bits per heavy atom. The second-order valence-corrected chi connectivity index (χ2v) is 10.4. The third-order valence-electron chi connectivity index (χ3n) is 7.47. The number of ether oxygens (including phenoxy) is 2. The summed E-state index contributed by atoms with van der Waals surface area (Å²) in [6.07, 6.45) is 3.77. The molecule has 1 fully saturated rings. The van der Waals surface area contributed by atoms with Crippen LogP contribution in [0, 0.1) is 22.2 Å². The van der Waals surface area contributed by atoms with Crippen molar-refractivity contribution in [3.63, 3.8) is 0 Å². The fourth-order valence-corrected chi connectivity index (χ4v) is 5.30. The summed E-state index contributed by atoms with van der Waals surface area (Å²) >= 11 is 0. The Morgan fingerprint density at radius 3 is 2.77 bits per heavy atom. The van der Waals surface area contributed by atoms with Crippen LogP contribution in [0.1, 0.15) is 37.3 Å². The monoisotopic (exact) mass is 590 g/mol. The van der Waals surface area contributed by atoms with Crippen LogP contribution in [-0.2, 0) is 16.1 Å². The average Bonchev–Trinajstić information content (AvgIpc) is 3.38. The van der Waals surface area contributed by atoms with Crippen molar-refractivity contribution in [1.82, 2.24) is 15.3 Å². The van der Waals surface area contributed by atoms with Gasteiger partial charge in [-0.2, -0.15) is 19.7 Å². The number of rotatable bonds is 12. The third kappa shape index (κ3) is 6.01. The van der Waals surface area contributed by atoms with E-state index in [0.29, 0.717) is 66.8 Å². The van der Waals surface area contributed by atoms with Crippen LogP contribution in [0.4, 0.5) is 11.6 Å². The molecule has 1 N–H and O–H groups in total. The lowest BCUT2D eigenvalue weighted by atomic mass is 9.93. The molecule has 2 aromatic carbocycles. The molecule has 11 heteroatoms. The van der Waals surface area contributed by atoms with Gasteiger partial charge in [0.15, 0.2) is 12.1 Å². The van der Waals surface area contributed by atoms with Gasteiger partial charge in [-0.25, -0.2) is 4.99 Å². The summed E-state index contributed by atoms with van der Waals surface area (Å²) in [5, 5.41) is 16.7. The van der Waals surface area contributed by atoms with Gasteiger partial charge in [-0.3, -0.25) is 5.32 Å². The van der Waals surface area contributed by atoms with Gasteiger partial charge in [0, 0.05) is 17.1 Å². The van der Waals surface area contributed by atoms with E-state index in [0.717, 1.165) is 23.0 Å². The number of allylic oxidation sites excluding steroid dienone is 1. The van der Waals surface area contributed by atoms with Crippen LogP contribution in [0.3, 0.4) is 0 Å². The predicted molar refractivity (Wildman–Crippen MR) is 167 cm³/mol. The summed E-state index contributed by atoms with van der Waals surface area (Å²) < 4.78 is 14.1. The number of carbonyl (C=O) groups excluding carboxylic acids is 1. The van der Waals surface area contributed by atoms with E-state index in [1.54, 1.807) is 4.58 Å². The van der Waals surface area contributed by atoms with E-state index in [9.17, 15) is 15.0 Å². The molecule has 44 heavy (non-hydrogen) atoms. The highest BCUT2D eigenvalue weighted by atomic mass is 16.5. The maximum absolute atomic E-state index is 11.9. The van der Waals surface area contributed by atoms with E-state index < -0.39 is 5.92 Å². The lowest BCUT2D eigenvalue weighted by molar-refractivity contribution is -0.403. The lowest BCUT2D eigenvalue weighted by Gasteiger charge is -2.28. The molecule has 5 rings (SSSR count). The Kier molecular flexibility index (Phi) is 9.30. The predicted octanol–water partition coefficient (Wildman–Crippen LogP) is 5.62. The van der Waals surface area contributed by atoms with E-state index in [-0.39, 0.29) is 24.0 Å². The number of nitroso groups, excluding NO2 is 1. The number of carbonyl (C=O) groups is 1. The van der Waals surface area contributed by atoms with Gasteiger partial charge in [-0.15, -0.1) is 0 Å². The number of benzene rings is 2. The van der Waals surface area contributed by atoms with E-state index in [1.807, 2.05) is 55.5 Å². The molecule has 0 spiro atoms. The van der Waals surface area contributed by atoms with Crippen molar-refractivity contribution < 1.29 is 18.8 Å². The molecule has 3 aromatic rings. The van der Waals surface area contributed by atoms with E-state index >= 15 is 0 Å². The molecule has 1 aromatic heterocycles. The largest absolute Gasteiger partial charge is 0.493 e. The summed E-state index contributed by atoms with van der Waals surface area (Å²) in [5.41, 5.74) is 3.98. The smallest absolute Gasteiger partial charge is 0.284 e. The van der Waals surface area contributed by atoms with E-state index in [1.165, 1.54) is 6.33 Å². The highest BCUT2D eigenvalue weighted by Crippen LogP contribution is 2.42. The molecule has 0 aliphatic carbocycles.